The lowest BCUT2D eigenvalue weighted by Gasteiger charge is -2.09. The zero-order valence-electron chi connectivity index (χ0n) is 14.3. The quantitative estimate of drug-likeness (QED) is 0.535. The van der Waals surface area contributed by atoms with Gasteiger partial charge in [-0.3, -0.25) is 4.79 Å². The fraction of sp³-hybridized carbons (Fsp3) is 0.263. The second kappa shape index (κ2) is 9.84. The SMILES string of the molecule is CCCc1ccc(OCC(=O)N/N=C/c2ccccc2OC)c(Br)c1. The number of hydrogen-bond donors (Lipinski definition) is 1. The molecule has 2 aromatic rings. The minimum absolute atomic E-state index is 0.116. The number of hydrazone groups is 1. The second-order valence-corrected chi connectivity index (χ2v) is 6.19. The molecule has 2 rings (SSSR count). The lowest BCUT2D eigenvalue weighted by molar-refractivity contribution is -0.123. The first kappa shape index (κ1) is 19.0. The number of carbonyl (C=O) groups is 1. The number of amides is 1. The molecule has 0 heterocycles. The van der Waals surface area contributed by atoms with Crippen molar-refractivity contribution in [2.45, 2.75) is 19.8 Å². The number of rotatable bonds is 8. The molecule has 0 fully saturated rings. The molecule has 0 atom stereocenters. The van der Waals surface area contributed by atoms with Crippen LogP contribution in [-0.2, 0) is 11.2 Å². The van der Waals surface area contributed by atoms with Gasteiger partial charge in [0.1, 0.15) is 11.5 Å². The van der Waals surface area contributed by atoms with Crippen LogP contribution in [0.4, 0.5) is 0 Å². The Bertz CT molecular complexity index is 747. The lowest BCUT2D eigenvalue weighted by Crippen LogP contribution is -2.24. The van der Waals surface area contributed by atoms with Crippen LogP contribution in [-0.4, -0.2) is 25.8 Å². The van der Waals surface area contributed by atoms with E-state index in [0.717, 1.165) is 22.9 Å². The van der Waals surface area contributed by atoms with E-state index in [9.17, 15) is 4.79 Å². The fourth-order valence-corrected chi connectivity index (χ4v) is 2.77. The normalized spacial score (nSPS) is 10.7. The molecule has 0 unspecified atom stereocenters. The summed E-state index contributed by atoms with van der Waals surface area (Å²) in [6.45, 7) is 2.02. The Balaban J connectivity index is 1.85. The van der Waals surface area contributed by atoms with E-state index in [-0.39, 0.29) is 12.5 Å². The Morgan fingerprint density at radius 2 is 2.04 bits per heavy atom. The van der Waals surface area contributed by atoms with Crippen LogP contribution in [0, 0.1) is 0 Å². The number of aryl methyl sites for hydroxylation is 1. The molecule has 0 aliphatic rings. The molecule has 1 N–H and O–H groups in total. The highest BCUT2D eigenvalue weighted by atomic mass is 79.9. The van der Waals surface area contributed by atoms with Crippen molar-refractivity contribution in [2.75, 3.05) is 13.7 Å². The monoisotopic (exact) mass is 404 g/mol. The third kappa shape index (κ3) is 5.90. The Labute approximate surface area is 156 Å². The summed E-state index contributed by atoms with van der Waals surface area (Å²) in [5, 5.41) is 3.93. The second-order valence-electron chi connectivity index (χ2n) is 5.34. The van der Waals surface area contributed by atoms with E-state index in [2.05, 4.69) is 33.4 Å². The standard InChI is InChI=1S/C19H21BrN2O3/c1-3-6-14-9-10-18(16(20)11-14)25-13-19(23)22-21-12-15-7-4-5-8-17(15)24-2/h4-5,7-12H,3,6,13H2,1-2H3,(H,22,23)/b21-12+. The molecule has 25 heavy (non-hydrogen) atoms. The zero-order valence-corrected chi connectivity index (χ0v) is 15.9. The van der Waals surface area contributed by atoms with Crippen LogP contribution < -0.4 is 14.9 Å². The Hall–Kier alpha value is -2.34. The number of methoxy groups -OCH3 is 1. The van der Waals surface area contributed by atoms with E-state index >= 15 is 0 Å². The highest BCUT2D eigenvalue weighted by Crippen LogP contribution is 2.26. The van der Waals surface area contributed by atoms with Crippen molar-refractivity contribution in [2.24, 2.45) is 5.10 Å². The van der Waals surface area contributed by atoms with Crippen molar-refractivity contribution in [1.82, 2.24) is 5.43 Å². The van der Waals surface area contributed by atoms with Gasteiger partial charge in [-0.05, 0) is 52.2 Å². The fourth-order valence-electron chi connectivity index (χ4n) is 2.23. The summed E-state index contributed by atoms with van der Waals surface area (Å²) in [6.07, 6.45) is 3.63. The highest BCUT2D eigenvalue weighted by molar-refractivity contribution is 9.10. The van der Waals surface area contributed by atoms with E-state index < -0.39 is 0 Å². The number of nitrogens with one attached hydrogen (secondary N) is 1. The first-order valence-electron chi connectivity index (χ1n) is 8.00. The molecule has 0 saturated heterocycles. The number of hydrogen-bond acceptors (Lipinski definition) is 4. The molecule has 0 aliphatic heterocycles. The summed E-state index contributed by atoms with van der Waals surface area (Å²) >= 11 is 3.47. The Morgan fingerprint density at radius 1 is 1.24 bits per heavy atom. The first-order chi connectivity index (χ1) is 12.1. The van der Waals surface area contributed by atoms with Gasteiger partial charge in [-0.15, -0.1) is 0 Å². The summed E-state index contributed by atoms with van der Waals surface area (Å²) in [4.78, 5) is 11.8. The van der Waals surface area contributed by atoms with Gasteiger partial charge < -0.3 is 9.47 Å². The van der Waals surface area contributed by atoms with Crippen LogP contribution >= 0.6 is 15.9 Å². The molecule has 0 aromatic heterocycles. The predicted octanol–water partition coefficient (Wildman–Crippen LogP) is 3.94. The number of nitrogens with zero attached hydrogens (tertiary/aromatic N) is 1. The summed E-state index contributed by atoms with van der Waals surface area (Å²) in [7, 11) is 1.59. The average Bonchev–Trinajstić information content (AvgIpc) is 2.61. The third-order valence-corrected chi connectivity index (χ3v) is 4.05. The minimum atomic E-state index is -0.337. The van der Waals surface area contributed by atoms with Crippen molar-refractivity contribution in [3.8, 4) is 11.5 Å². The van der Waals surface area contributed by atoms with Crippen molar-refractivity contribution < 1.29 is 14.3 Å². The number of ether oxygens (including phenoxy) is 2. The van der Waals surface area contributed by atoms with E-state index in [1.165, 1.54) is 11.8 Å². The minimum Gasteiger partial charge on any atom is -0.496 e. The third-order valence-electron chi connectivity index (χ3n) is 3.43. The van der Waals surface area contributed by atoms with E-state index in [4.69, 9.17) is 9.47 Å². The molecule has 132 valence electrons. The molecule has 0 spiro atoms. The lowest BCUT2D eigenvalue weighted by atomic mass is 10.1. The number of carbonyl (C=O) groups excluding carboxylic acids is 1. The van der Waals surface area contributed by atoms with Crippen LogP contribution in [0.2, 0.25) is 0 Å². The van der Waals surface area contributed by atoms with E-state index in [1.54, 1.807) is 7.11 Å². The van der Waals surface area contributed by atoms with Crippen molar-refractivity contribution in [3.63, 3.8) is 0 Å². The summed E-state index contributed by atoms with van der Waals surface area (Å²) in [5.41, 5.74) is 4.45. The Kier molecular flexibility index (Phi) is 7.47. The molecule has 0 aliphatic carbocycles. The van der Waals surface area contributed by atoms with Crippen LogP contribution in [0.5, 0.6) is 11.5 Å². The van der Waals surface area contributed by atoms with Crippen LogP contribution in [0.25, 0.3) is 0 Å². The van der Waals surface area contributed by atoms with Gasteiger partial charge in [-0.1, -0.05) is 31.5 Å². The molecular formula is C19H21BrN2O3. The van der Waals surface area contributed by atoms with Crippen LogP contribution in [0.1, 0.15) is 24.5 Å². The van der Waals surface area contributed by atoms with Gasteiger partial charge in [0.05, 0.1) is 17.8 Å². The van der Waals surface area contributed by atoms with Crippen molar-refractivity contribution >= 4 is 28.1 Å². The van der Waals surface area contributed by atoms with Gasteiger partial charge in [-0.2, -0.15) is 5.10 Å². The van der Waals surface area contributed by atoms with Crippen LogP contribution in [0.15, 0.2) is 52.0 Å². The summed E-state index contributed by atoms with van der Waals surface area (Å²) in [6, 6.07) is 13.3. The largest absolute Gasteiger partial charge is 0.496 e. The smallest absolute Gasteiger partial charge is 0.277 e. The van der Waals surface area contributed by atoms with Crippen LogP contribution in [0.3, 0.4) is 0 Å². The highest BCUT2D eigenvalue weighted by Gasteiger charge is 2.06. The molecule has 6 heteroatoms. The molecule has 0 saturated carbocycles. The number of para-hydroxylation sites is 1. The molecule has 0 radical (unpaired) electrons. The van der Waals surface area contributed by atoms with Gasteiger partial charge >= 0.3 is 0 Å². The van der Waals surface area contributed by atoms with Gasteiger partial charge in [0.25, 0.3) is 5.91 Å². The molecule has 2 aromatic carbocycles. The van der Waals surface area contributed by atoms with Crippen molar-refractivity contribution in [1.29, 1.82) is 0 Å². The van der Waals surface area contributed by atoms with Gasteiger partial charge in [0.2, 0.25) is 0 Å². The maximum atomic E-state index is 11.8. The topological polar surface area (TPSA) is 59.9 Å². The van der Waals surface area contributed by atoms with E-state index in [1.807, 2.05) is 42.5 Å². The molecular weight excluding hydrogens is 384 g/mol. The zero-order chi connectivity index (χ0) is 18.1. The van der Waals surface area contributed by atoms with Gasteiger partial charge in [0, 0.05) is 5.56 Å². The predicted molar refractivity (Wildman–Crippen MR) is 102 cm³/mol. The van der Waals surface area contributed by atoms with Gasteiger partial charge in [0.15, 0.2) is 6.61 Å². The Morgan fingerprint density at radius 3 is 2.76 bits per heavy atom. The maximum absolute atomic E-state index is 11.8. The van der Waals surface area contributed by atoms with Gasteiger partial charge in [-0.25, -0.2) is 5.43 Å². The molecule has 5 nitrogen and oxygen atoms in total. The molecule has 1 amide bonds. The first-order valence-corrected chi connectivity index (χ1v) is 8.79. The average molecular weight is 405 g/mol. The van der Waals surface area contributed by atoms with E-state index in [0.29, 0.717) is 11.5 Å². The molecule has 0 bridgehead atoms. The number of halogens is 1. The summed E-state index contributed by atoms with van der Waals surface area (Å²) < 4.78 is 11.6. The maximum Gasteiger partial charge on any atom is 0.277 e. The van der Waals surface area contributed by atoms with Crippen molar-refractivity contribution in [3.05, 3.63) is 58.1 Å². The summed E-state index contributed by atoms with van der Waals surface area (Å²) in [5.74, 6) is 0.979. The number of benzene rings is 2.